The molecule has 1 atom stereocenters. The van der Waals surface area contributed by atoms with Crippen LogP contribution in [-0.4, -0.2) is 44.1 Å². The van der Waals surface area contributed by atoms with Crippen LogP contribution in [0, 0.1) is 0 Å². The van der Waals surface area contributed by atoms with Crippen LogP contribution < -0.4 is 10.6 Å². The van der Waals surface area contributed by atoms with E-state index in [1.807, 2.05) is 0 Å². The Morgan fingerprint density at radius 1 is 1.47 bits per heavy atom. The van der Waals surface area contributed by atoms with Gasteiger partial charge in [-0.1, -0.05) is 0 Å². The van der Waals surface area contributed by atoms with E-state index in [-0.39, 0.29) is 12.6 Å². The van der Waals surface area contributed by atoms with Gasteiger partial charge in [-0.15, -0.1) is 0 Å². The molecule has 0 spiro atoms. The lowest BCUT2D eigenvalue weighted by molar-refractivity contribution is -0.137. The second-order valence-electron chi connectivity index (χ2n) is 4.65. The molecule has 0 aromatic rings. The molecule has 0 aromatic carbocycles. The minimum Gasteiger partial charge on any atom is -0.504 e. The maximum Gasteiger partial charge on any atom is 0.321 e. The van der Waals surface area contributed by atoms with E-state index >= 15 is 0 Å². The summed E-state index contributed by atoms with van der Waals surface area (Å²) in [5, 5.41) is 4.72. The number of urea groups is 1. The van der Waals surface area contributed by atoms with Gasteiger partial charge in [0.15, 0.2) is 5.79 Å². The van der Waals surface area contributed by atoms with E-state index in [1.54, 1.807) is 20.8 Å². The summed E-state index contributed by atoms with van der Waals surface area (Å²) in [5.74, 6) is -1.14. The summed E-state index contributed by atoms with van der Waals surface area (Å²) >= 11 is 0. The summed E-state index contributed by atoms with van der Waals surface area (Å²) < 4.78 is 15.5. The van der Waals surface area contributed by atoms with Crippen LogP contribution in [0.3, 0.4) is 0 Å². The number of hydrogen-bond donors (Lipinski definition) is 2. The molecule has 0 radical (unpaired) electrons. The summed E-state index contributed by atoms with van der Waals surface area (Å²) in [7, 11) is 1.43. The molecular formula is C12H20N2O5. The van der Waals surface area contributed by atoms with Crippen LogP contribution in [0.1, 0.15) is 20.8 Å². The van der Waals surface area contributed by atoms with Gasteiger partial charge in [-0.3, -0.25) is 10.1 Å². The van der Waals surface area contributed by atoms with Gasteiger partial charge in [-0.25, -0.2) is 4.79 Å². The Bertz CT molecular complexity index is 378. The second kappa shape index (κ2) is 6.53. The summed E-state index contributed by atoms with van der Waals surface area (Å²) in [5.41, 5.74) is 0.305. The molecular weight excluding hydrogens is 252 g/mol. The Morgan fingerprint density at radius 2 is 2.16 bits per heavy atom. The minimum absolute atomic E-state index is 0.216. The van der Waals surface area contributed by atoms with Crippen LogP contribution in [0.25, 0.3) is 0 Å². The van der Waals surface area contributed by atoms with E-state index in [4.69, 9.17) is 9.47 Å². The number of ether oxygens (including phenoxy) is 3. The zero-order valence-electron chi connectivity index (χ0n) is 11.6. The molecule has 0 aliphatic carbocycles. The van der Waals surface area contributed by atoms with Crippen molar-refractivity contribution in [2.24, 2.45) is 0 Å². The molecule has 1 rings (SSSR count). The first-order chi connectivity index (χ1) is 8.84. The van der Waals surface area contributed by atoms with Gasteiger partial charge in [-0.05, 0) is 20.8 Å². The number of nitrogens with one attached hydrogen (secondary N) is 2. The number of rotatable bonds is 4. The average molecular weight is 272 g/mol. The lowest BCUT2D eigenvalue weighted by Crippen LogP contribution is -2.43. The van der Waals surface area contributed by atoms with Crippen LogP contribution in [0.5, 0.6) is 0 Å². The summed E-state index contributed by atoms with van der Waals surface area (Å²) in [4.78, 5) is 22.9. The maximum atomic E-state index is 11.5. The van der Waals surface area contributed by atoms with E-state index < -0.39 is 17.7 Å². The van der Waals surface area contributed by atoms with Crippen molar-refractivity contribution in [2.75, 3.05) is 20.3 Å². The van der Waals surface area contributed by atoms with E-state index in [0.29, 0.717) is 12.2 Å². The second-order valence-corrected chi connectivity index (χ2v) is 4.65. The molecule has 1 fully saturated rings. The van der Waals surface area contributed by atoms with Crippen molar-refractivity contribution in [3.05, 3.63) is 11.8 Å². The van der Waals surface area contributed by atoms with E-state index in [2.05, 4.69) is 15.4 Å². The van der Waals surface area contributed by atoms with Crippen molar-refractivity contribution in [3.63, 3.8) is 0 Å². The molecule has 108 valence electrons. The Morgan fingerprint density at radius 3 is 2.68 bits per heavy atom. The highest BCUT2D eigenvalue weighted by molar-refractivity contribution is 6.03. The number of carbonyl (C=O) groups is 2. The van der Waals surface area contributed by atoms with Gasteiger partial charge in [0, 0.05) is 12.1 Å². The van der Waals surface area contributed by atoms with Crippen molar-refractivity contribution in [3.8, 4) is 0 Å². The predicted molar refractivity (Wildman–Crippen MR) is 67.2 cm³/mol. The van der Waals surface area contributed by atoms with Gasteiger partial charge in [0.05, 0.1) is 20.0 Å². The number of amides is 3. The largest absolute Gasteiger partial charge is 0.504 e. The van der Waals surface area contributed by atoms with Crippen molar-refractivity contribution >= 4 is 11.9 Å². The van der Waals surface area contributed by atoms with Crippen LogP contribution in [0.15, 0.2) is 11.8 Å². The fourth-order valence-electron chi connectivity index (χ4n) is 1.55. The fraction of sp³-hybridized carbons (Fsp3) is 0.667. The Kier molecular flexibility index (Phi) is 5.31. The minimum atomic E-state index is -0.629. The quantitative estimate of drug-likeness (QED) is 0.575. The summed E-state index contributed by atoms with van der Waals surface area (Å²) in [6.07, 6.45) is 1.05. The van der Waals surface area contributed by atoms with Crippen LogP contribution in [0.2, 0.25) is 0 Å². The van der Waals surface area contributed by atoms with Gasteiger partial charge >= 0.3 is 6.03 Å². The molecule has 7 heteroatoms. The van der Waals surface area contributed by atoms with Gasteiger partial charge in [0.1, 0.15) is 6.10 Å². The van der Waals surface area contributed by atoms with E-state index in [9.17, 15) is 9.59 Å². The van der Waals surface area contributed by atoms with Crippen molar-refractivity contribution < 1.29 is 23.8 Å². The van der Waals surface area contributed by atoms with Crippen LogP contribution in [-0.2, 0) is 19.0 Å². The first-order valence-electron chi connectivity index (χ1n) is 5.94. The number of hydrogen-bond acceptors (Lipinski definition) is 5. The zero-order valence-corrected chi connectivity index (χ0v) is 11.6. The highest BCUT2D eigenvalue weighted by atomic mass is 16.7. The lowest BCUT2D eigenvalue weighted by Gasteiger charge is -2.17. The first-order valence-corrected chi connectivity index (χ1v) is 5.94. The van der Waals surface area contributed by atoms with Crippen molar-refractivity contribution in [1.82, 2.24) is 10.6 Å². The zero-order chi connectivity index (χ0) is 14.5. The van der Waals surface area contributed by atoms with Crippen molar-refractivity contribution in [1.29, 1.82) is 0 Å². The molecule has 1 aliphatic rings. The monoisotopic (exact) mass is 272 g/mol. The molecule has 0 saturated carbocycles. The molecule has 1 unspecified atom stereocenters. The highest BCUT2D eigenvalue weighted by Gasteiger charge is 2.32. The third kappa shape index (κ3) is 5.27. The number of carbonyl (C=O) groups excluding carboxylic acids is 2. The molecule has 1 heterocycles. The maximum absolute atomic E-state index is 11.5. The normalized spacial score (nSPS) is 21.9. The summed E-state index contributed by atoms with van der Waals surface area (Å²) in [6.45, 7) is 5.83. The van der Waals surface area contributed by atoms with Gasteiger partial charge in [0.2, 0.25) is 0 Å². The molecule has 19 heavy (non-hydrogen) atoms. The molecule has 0 bridgehead atoms. The number of imide groups is 1. The van der Waals surface area contributed by atoms with Gasteiger partial charge in [0.25, 0.3) is 5.91 Å². The van der Waals surface area contributed by atoms with E-state index in [1.165, 1.54) is 13.4 Å². The first kappa shape index (κ1) is 15.5. The van der Waals surface area contributed by atoms with Crippen LogP contribution in [0.4, 0.5) is 4.79 Å². The molecule has 2 N–H and O–H groups in total. The Balaban J connectivity index is 2.29. The standard InChI is InChI=1S/C12H20N2O5/c1-8(6-17-4)10(15)14-11(16)13-5-9-7-18-12(2,3)19-9/h6,9H,5,7H2,1-4H3,(H2,13,14,15,16)/b8-6+. The lowest BCUT2D eigenvalue weighted by atomic mass is 10.3. The number of methoxy groups -OCH3 is 1. The van der Waals surface area contributed by atoms with Gasteiger partial charge in [-0.2, -0.15) is 0 Å². The average Bonchev–Trinajstić information content (AvgIpc) is 2.66. The van der Waals surface area contributed by atoms with Crippen LogP contribution >= 0.6 is 0 Å². The Labute approximate surface area is 112 Å². The summed E-state index contributed by atoms with van der Waals surface area (Å²) in [6, 6.07) is -0.581. The topological polar surface area (TPSA) is 85.9 Å². The molecule has 3 amide bonds. The third-order valence-corrected chi connectivity index (χ3v) is 2.44. The third-order valence-electron chi connectivity index (χ3n) is 2.44. The van der Waals surface area contributed by atoms with Gasteiger partial charge < -0.3 is 19.5 Å². The highest BCUT2D eigenvalue weighted by Crippen LogP contribution is 2.21. The molecule has 1 saturated heterocycles. The van der Waals surface area contributed by atoms with Crippen molar-refractivity contribution in [2.45, 2.75) is 32.7 Å². The smallest absolute Gasteiger partial charge is 0.321 e. The molecule has 0 aromatic heterocycles. The predicted octanol–water partition coefficient (Wildman–Crippen LogP) is 0.514. The molecule has 7 nitrogen and oxygen atoms in total. The Hall–Kier alpha value is -1.60. The fourth-order valence-corrected chi connectivity index (χ4v) is 1.55. The SMILES string of the molecule is CO/C=C(\C)C(=O)NC(=O)NCC1COC(C)(C)O1. The molecule has 1 aliphatic heterocycles. The van der Waals surface area contributed by atoms with E-state index in [0.717, 1.165) is 0 Å².